The summed E-state index contributed by atoms with van der Waals surface area (Å²) >= 11 is 0. The van der Waals surface area contributed by atoms with Crippen molar-refractivity contribution in [3.63, 3.8) is 0 Å². The summed E-state index contributed by atoms with van der Waals surface area (Å²) in [5.41, 5.74) is 0. The van der Waals surface area contributed by atoms with Gasteiger partial charge in [-0.25, -0.2) is 0 Å². The van der Waals surface area contributed by atoms with Crippen molar-refractivity contribution in [1.29, 1.82) is 0 Å². The summed E-state index contributed by atoms with van der Waals surface area (Å²) in [5, 5.41) is 8.41. The Bertz CT molecular complexity index is 384. The molecule has 0 aliphatic heterocycles. The normalized spacial score (nSPS) is 10.3. The maximum Gasteiger partial charge on any atom is 1.00 e. The van der Waals surface area contributed by atoms with Gasteiger partial charge in [0.25, 0.3) is 0 Å². The van der Waals surface area contributed by atoms with Gasteiger partial charge in [0, 0.05) is 6.42 Å². The fourth-order valence-corrected chi connectivity index (χ4v) is 4.69. The molecule has 2 nitrogen and oxygen atoms in total. The Morgan fingerprint density at radius 2 is 0.737 bits per heavy atom. The minimum absolute atomic E-state index is 0. The van der Waals surface area contributed by atoms with Crippen LogP contribution in [0.25, 0.3) is 0 Å². The fraction of sp³-hybridized carbons (Fsp3) is 0.943. The van der Waals surface area contributed by atoms with Crippen molar-refractivity contribution < 1.29 is 39.5 Å². The van der Waals surface area contributed by atoms with Crippen LogP contribution in [0.4, 0.5) is 0 Å². The van der Waals surface area contributed by atoms with Crippen molar-refractivity contribution in [3.8, 4) is 0 Å². The van der Waals surface area contributed by atoms with Crippen LogP contribution in [0, 0.1) is 12.8 Å². The quantitative estimate of drug-likeness (QED) is 0.0630. The van der Waals surface area contributed by atoms with Gasteiger partial charge >= 0.3 is 35.5 Å². The summed E-state index contributed by atoms with van der Waals surface area (Å²) in [4.78, 5) is 10.2. The molecule has 0 saturated heterocycles. The van der Waals surface area contributed by atoms with Gasteiger partial charge < -0.3 is 12.0 Å². The SMILES string of the molecule is CCCCCCCCCCCC(=O)O.CCCCCCCCCCCCCCCCCCC(C)C.[CH2-]C.[Na+]. The van der Waals surface area contributed by atoms with Gasteiger partial charge in [0.1, 0.15) is 0 Å². The molecule has 0 fully saturated rings. The zero-order valence-corrected chi connectivity index (χ0v) is 29.7. The van der Waals surface area contributed by atoms with E-state index in [-0.39, 0.29) is 29.6 Å². The molecule has 0 radical (unpaired) electrons. The summed E-state index contributed by atoms with van der Waals surface area (Å²) in [6, 6.07) is 0. The largest absolute Gasteiger partial charge is 1.00 e. The van der Waals surface area contributed by atoms with E-state index in [2.05, 4.69) is 34.6 Å². The van der Waals surface area contributed by atoms with Crippen LogP contribution in [-0.4, -0.2) is 11.1 Å². The number of carbonyl (C=O) groups is 1. The standard InChI is InChI=1S/C21H44.C12H24O2.C2H5.Na/c1-4-5-6-7-8-9-10-11-12-13-14-15-16-17-18-19-20-21(2)3;1-2-3-4-5-6-7-8-9-10-11-12(13)14;1-2;/h21H,4-20H2,1-3H3;2-11H2,1H3,(H,13,14);1H2,2H3;/q;;-1;+1. The van der Waals surface area contributed by atoms with Crippen LogP contribution in [0.2, 0.25) is 0 Å². The van der Waals surface area contributed by atoms with E-state index in [1.807, 2.05) is 0 Å². The molecule has 0 aliphatic rings. The van der Waals surface area contributed by atoms with Gasteiger partial charge in [-0.05, 0) is 12.3 Å². The molecule has 0 amide bonds. The molecule has 0 bridgehead atoms. The van der Waals surface area contributed by atoms with Crippen LogP contribution in [0.15, 0.2) is 0 Å². The Kier molecular flexibility index (Phi) is 53.2. The van der Waals surface area contributed by atoms with E-state index < -0.39 is 5.97 Å². The summed E-state index contributed by atoms with van der Waals surface area (Å²) in [6.45, 7) is 14.2. The number of aliphatic carboxylic acids is 1. The van der Waals surface area contributed by atoms with Crippen LogP contribution in [0.5, 0.6) is 0 Å². The number of unbranched alkanes of at least 4 members (excludes halogenated alkanes) is 23. The molecule has 0 heterocycles. The van der Waals surface area contributed by atoms with E-state index >= 15 is 0 Å². The average Bonchev–Trinajstić information content (AvgIpc) is 2.88. The third kappa shape index (κ3) is 52.8. The minimum atomic E-state index is -0.659. The Morgan fingerprint density at radius 3 is 0.974 bits per heavy atom. The van der Waals surface area contributed by atoms with E-state index in [1.165, 1.54) is 154 Å². The maximum atomic E-state index is 10.2. The Morgan fingerprint density at radius 1 is 0.500 bits per heavy atom. The monoisotopic (exact) mass is 549 g/mol. The van der Waals surface area contributed by atoms with Crippen molar-refractivity contribution in [1.82, 2.24) is 0 Å². The Balaban J connectivity index is -0.000000297. The molecule has 38 heavy (non-hydrogen) atoms. The maximum absolute atomic E-state index is 10.2. The zero-order chi connectivity index (χ0) is 28.2. The molecular formula is C35H73NaO2. The van der Waals surface area contributed by atoms with E-state index in [0.29, 0.717) is 6.42 Å². The van der Waals surface area contributed by atoms with E-state index in [1.54, 1.807) is 6.92 Å². The molecule has 0 aliphatic carbocycles. The van der Waals surface area contributed by atoms with Crippen molar-refractivity contribution >= 4 is 5.97 Å². The second-order valence-corrected chi connectivity index (χ2v) is 11.5. The molecule has 0 aromatic carbocycles. The van der Waals surface area contributed by atoms with Gasteiger partial charge in [-0.1, -0.05) is 188 Å². The number of carboxylic acid groups (broad SMARTS) is 1. The topological polar surface area (TPSA) is 37.3 Å². The first-order chi connectivity index (χ1) is 18.0. The Hall–Kier alpha value is 0.470. The van der Waals surface area contributed by atoms with Crippen molar-refractivity contribution in [3.05, 3.63) is 6.92 Å². The van der Waals surface area contributed by atoms with E-state index in [0.717, 1.165) is 18.8 Å². The minimum Gasteiger partial charge on any atom is -0.481 e. The first-order valence-electron chi connectivity index (χ1n) is 17.0. The van der Waals surface area contributed by atoms with Gasteiger partial charge in [0.15, 0.2) is 0 Å². The molecule has 0 atom stereocenters. The third-order valence-electron chi connectivity index (χ3n) is 7.13. The smallest absolute Gasteiger partial charge is 0.481 e. The molecule has 3 heteroatoms. The molecule has 0 unspecified atom stereocenters. The van der Waals surface area contributed by atoms with Gasteiger partial charge in [-0.2, -0.15) is 6.92 Å². The molecule has 0 saturated carbocycles. The van der Waals surface area contributed by atoms with Gasteiger partial charge in [-0.15, -0.1) is 0 Å². The number of hydrogen-bond acceptors (Lipinski definition) is 1. The first kappa shape index (κ1) is 45.5. The summed E-state index contributed by atoms with van der Waals surface area (Å²) in [6.07, 6.45) is 36.4. The average molecular weight is 549 g/mol. The molecule has 0 aromatic rings. The van der Waals surface area contributed by atoms with Crippen LogP contribution in [-0.2, 0) is 4.79 Å². The molecule has 0 rings (SSSR count). The van der Waals surface area contributed by atoms with Crippen molar-refractivity contribution in [2.45, 2.75) is 208 Å². The van der Waals surface area contributed by atoms with E-state index in [4.69, 9.17) is 5.11 Å². The predicted octanol–water partition coefficient (Wildman–Crippen LogP) is 10.1. The predicted molar refractivity (Wildman–Crippen MR) is 170 cm³/mol. The Labute approximate surface area is 265 Å². The second kappa shape index (κ2) is 44.5. The van der Waals surface area contributed by atoms with Gasteiger partial charge in [0.05, 0.1) is 0 Å². The van der Waals surface area contributed by atoms with Crippen LogP contribution >= 0.6 is 0 Å². The fourth-order valence-electron chi connectivity index (χ4n) is 4.69. The number of rotatable bonds is 27. The van der Waals surface area contributed by atoms with Crippen molar-refractivity contribution in [2.75, 3.05) is 0 Å². The van der Waals surface area contributed by atoms with Crippen LogP contribution < -0.4 is 29.6 Å². The summed E-state index contributed by atoms with van der Waals surface area (Å²) in [7, 11) is 0. The first-order valence-corrected chi connectivity index (χ1v) is 17.0. The van der Waals surface area contributed by atoms with Gasteiger partial charge in [0.2, 0.25) is 0 Å². The van der Waals surface area contributed by atoms with Crippen LogP contribution in [0.3, 0.4) is 0 Å². The number of carboxylic acids is 1. The summed E-state index contributed by atoms with van der Waals surface area (Å²) < 4.78 is 0. The number of hydrogen-bond donors (Lipinski definition) is 1. The molecule has 1 N–H and O–H groups in total. The van der Waals surface area contributed by atoms with Crippen LogP contribution in [0.1, 0.15) is 208 Å². The molecule has 0 aromatic heterocycles. The molecule has 0 spiro atoms. The van der Waals surface area contributed by atoms with Crippen molar-refractivity contribution in [2.24, 2.45) is 5.92 Å². The molecule has 226 valence electrons. The molecular weight excluding hydrogens is 475 g/mol. The van der Waals surface area contributed by atoms with E-state index in [9.17, 15) is 4.79 Å². The zero-order valence-electron chi connectivity index (χ0n) is 27.7. The second-order valence-electron chi connectivity index (χ2n) is 11.5. The summed E-state index contributed by atoms with van der Waals surface area (Å²) in [5.74, 6) is 0.240. The third-order valence-corrected chi connectivity index (χ3v) is 7.13. The van der Waals surface area contributed by atoms with Gasteiger partial charge in [-0.3, -0.25) is 4.79 Å².